The molecule has 7 aromatic carbocycles. The molecule has 0 amide bonds. The molecule has 0 aliphatic rings. The molecule has 164 valence electrons. The Hall–Kier alpha value is -3.94. The van der Waals surface area contributed by atoms with Crippen molar-refractivity contribution in [3.8, 4) is 22.3 Å². The smallest absolute Gasteiger partial charge is 0.0181 e. The van der Waals surface area contributed by atoms with Crippen LogP contribution in [0.1, 0.15) is 0 Å². The van der Waals surface area contributed by atoms with Gasteiger partial charge in [-0.3, -0.25) is 0 Å². The van der Waals surface area contributed by atoms with Crippen molar-refractivity contribution in [2.75, 3.05) is 0 Å². The van der Waals surface area contributed by atoms with Crippen LogP contribution in [-0.2, 0) is 0 Å². The molecule has 0 saturated carbocycles. The average Bonchev–Trinajstić information content (AvgIpc) is 2.92. The molecule has 0 atom stereocenters. The average molecular weight is 509 g/mol. The van der Waals surface area contributed by atoms with Gasteiger partial charge in [0.25, 0.3) is 0 Å². The van der Waals surface area contributed by atoms with Crippen molar-refractivity contribution in [3.63, 3.8) is 0 Å². The van der Waals surface area contributed by atoms with Crippen LogP contribution in [0.2, 0.25) is 0 Å². The molecule has 0 aliphatic carbocycles. The zero-order valence-electron chi connectivity index (χ0n) is 19.0. The van der Waals surface area contributed by atoms with Gasteiger partial charge in [0, 0.05) is 4.47 Å². The maximum Gasteiger partial charge on any atom is 0.0181 e. The number of rotatable bonds is 2. The second-order valence-electron chi connectivity index (χ2n) is 9.07. The second-order valence-corrected chi connectivity index (χ2v) is 9.99. The number of hydrogen-bond donors (Lipinski definition) is 0. The summed E-state index contributed by atoms with van der Waals surface area (Å²) in [5.74, 6) is 0. The Balaban J connectivity index is 1.66. The van der Waals surface area contributed by atoms with E-state index in [2.05, 4.69) is 143 Å². The summed E-state index contributed by atoms with van der Waals surface area (Å²) in [6.45, 7) is 0. The first-order valence-electron chi connectivity index (χ1n) is 11.9. The van der Waals surface area contributed by atoms with E-state index in [4.69, 9.17) is 0 Å². The van der Waals surface area contributed by atoms with Crippen LogP contribution in [0, 0.1) is 0 Å². The predicted octanol–water partition coefficient (Wildman–Crippen LogP) is 10.4. The Labute approximate surface area is 212 Å². The van der Waals surface area contributed by atoms with Crippen LogP contribution >= 0.6 is 15.9 Å². The molecular weight excluding hydrogens is 488 g/mol. The fourth-order valence-corrected chi connectivity index (χ4v) is 5.93. The summed E-state index contributed by atoms with van der Waals surface area (Å²) in [6, 6.07) is 46.3. The van der Waals surface area contributed by atoms with E-state index < -0.39 is 0 Å². The molecule has 0 spiro atoms. The Morgan fingerprint density at radius 2 is 0.886 bits per heavy atom. The van der Waals surface area contributed by atoms with E-state index in [0.717, 1.165) is 4.47 Å². The lowest BCUT2D eigenvalue weighted by molar-refractivity contribution is 1.63. The minimum absolute atomic E-state index is 1.09. The molecule has 7 rings (SSSR count). The summed E-state index contributed by atoms with van der Waals surface area (Å²) >= 11 is 3.67. The van der Waals surface area contributed by atoms with Gasteiger partial charge in [-0.1, -0.05) is 119 Å². The predicted molar refractivity (Wildman–Crippen MR) is 155 cm³/mol. The minimum atomic E-state index is 1.09. The van der Waals surface area contributed by atoms with E-state index in [1.54, 1.807) is 0 Å². The highest BCUT2D eigenvalue weighted by Crippen LogP contribution is 2.43. The van der Waals surface area contributed by atoms with Gasteiger partial charge >= 0.3 is 0 Å². The fraction of sp³-hybridized carbons (Fsp3) is 0. The van der Waals surface area contributed by atoms with Gasteiger partial charge in [0.2, 0.25) is 0 Å². The minimum Gasteiger partial charge on any atom is -0.0616 e. The summed E-state index contributed by atoms with van der Waals surface area (Å²) < 4.78 is 1.09. The summed E-state index contributed by atoms with van der Waals surface area (Å²) in [4.78, 5) is 0. The lowest BCUT2D eigenvalue weighted by Crippen LogP contribution is -1.89. The van der Waals surface area contributed by atoms with Crippen molar-refractivity contribution in [2.45, 2.75) is 0 Å². The molecule has 0 nitrogen and oxygen atoms in total. The fourth-order valence-electron chi connectivity index (χ4n) is 5.53. The molecular formula is C34H21Br. The molecule has 7 aromatic rings. The molecule has 0 heterocycles. The molecule has 35 heavy (non-hydrogen) atoms. The number of halogens is 1. The molecule has 0 saturated heterocycles. The normalized spacial score (nSPS) is 11.6. The Morgan fingerprint density at radius 1 is 0.343 bits per heavy atom. The van der Waals surface area contributed by atoms with E-state index in [1.165, 1.54) is 65.3 Å². The van der Waals surface area contributed by atoms with Crippen LogP contribution in [0.3, 0.4) is 0 Å². The molecule has 0 radical (unpaired) electrons. The highest BCUT2D eigenvalue weighted by Gasteiger charge is 2.15. The van der Waals surface area contributed by atoms with E-state index in [0.29, 0.717) is 0 Å². The van der Waals surface area contributed by atoms with Gasteiger partial charge in [-0.05, 0) is 89.6 Å². The van der Waals surface area contributed by atoms with E-state index in [9.17, 15) is 0 Å². The van der Waals surface area contributed by atoms with Gasteiger partial charge in [-0.25, -0.2) is 0 Å². The standard InChI is InChI=1S/C34H21Br/c35-24-12-7-11-23(19-24)31-20-33-30-17-6-5-16-29(30)32(21-34(33)28-15-4-3-14-27(28)31)26-18-8-10-22-9-1-2-13-25(22)26/h1-21H. The largest absolute Gasteiger partial charge is 0.0616 e. The summed E-state index contributed by atoms with van der Waals surface area (Å²) in [6.07, 6.45) is 0. The number of benzene rings is 7. The first-order valence-corrected chi connectivity index (χ1v) is 12.7. The third kappa shape index (κ3) is 3.27. The third-order valence-corrected chi connectivity index (χ3v) is 7.59. The van der Waals surface area contributed by atoms with Crippen LogP contribution < -0.4 is 0 Å². The SMILES string of the molecule is Brc1cccc(-c2cc3c4ccccc4c(-c4cccc5ccccc45)cc3c3ccccc23)c1. The highest BCUT2D eigenvalue weighted by molar-refractivity contribution is 9.10. The van der Waals surface area contributed by atoms with E-state index >= 15 is 0 Å². The van der Waals surface area contributed by atoms with Gasteiger partial charge in [0.05, 0.1) is 0 Å². The van der Waals surface area contributed by atoms with Crippen molar-refractivity contribution in [3.05, 3.63) is 132 Å². The first kappa shape index (κ1) is 20.4. The zero-order valence-corrected chi connectivity index (χ0v) is 20.6. The first-order chi connectivity index (χ1) is 17.3. The molecule has 0 aromatic heterocycles. The Kier molecular flexibility index (Phi) is 4.72. The molecule has 0 fully saturated rings. The summed E-state index contributed by atoms with van der Waals surface area (Å²) in [5.41, 5.74) is 5.05. The molecule has 0 unspecified atom stereocenters. The van der Waals surface area contributed by atoms with Crippen molar-refractivity contribution in [1.29, 1.82) is 0 Å². The molecule has 0 bridgehead atoms. The van der Waals surface area contributed by atoms with Crippen molar-refractivity contribution in [1.82, 2.24) is 0 Å². The van der Waals surface area contributed by atoms with Crippen molar-refractivity contribution in [2.24, 2.45) is 0 Å². The Bertz CT molecular complexity index is 1910. The molecule has 1 heteroatoms. The lowest BCUT2D eigenvalue weighted by Gasteiger charge is -2.17. The van der Waals surface area contributed by atoms with E-state index in [1.807, 2.05) is 0 Å². The Morgan fingerprint density at radius 3 is 1.60 bits per heavy atom. The monoisotopic (exact) mass is 508 g/mol. The van der Waals surface area contributed by atoms with Crippen LogP contribution in [0.25, 0.3) is 65.3 Å². The van der Waals surface area contributed by atoms with Gasteiger partial charge < -0.3 is 0 Å². The maximum absolute atomic E-state index is 3.67. The summed E-state index contributed by atoms with van der Waals surface area (Å²) in [7, 11) is 0. The maximum atomic E-state index is 3.67. The number of fused-ring (bicyclic) bond motifs is 6. The van der Waals surface area contributed by atoms with Crippen LogP contribution in [0.4, 0.5) is 0 Å². The second kappa shape index (κ2) is 8.08. The van der Waals surface area contributed by atoms with Gasteiger partial charge in [0.1, 0.15) is 0 Å². The third-order valence-electron chi connectivity index (χ3n) is 7.10. The zero-order chi connectivity index (χ0) is 23.4. The number of hydrogen-bond acceptors (Lipinski definition) is 0. The van der Waals surface area contributed by atoms with Crippen molar-refractivity contribution >= 4 is 59.0 Å². The lowest BCUT2D eigenvalue weighted by atomic mass is 9.87. The highest BCUT2D eigenvalue weighted by atomic mass is 79.9. The molecule has 0 N–H and O–H groups in total. The quantitative estimate of drug-likeness (QED) is 0.203. The van der Waals surface area contributed by atoms with Crippen LogP contribution in [0.5, 0.6) is 0 Å². The van der Waals surface area contributed by atoms with Gasteiger partial charge in [-0.2, -0.15) is 0 Å². The van der Waals surface area contributed by atoms with Crippen LogP contribution in [-0.4, -0.2) is 0 Å². The topological polar surface area (TPSA) is 0 Å². The van der Waals surface area contributed by atoms with Crippen molar-refractivity contribution < 1.29 is 0 Å². The van der Waals surface area contributed by atoms with Gasteiger partial charge in [-0.15, -0.1) is 0 Å². The molecule has 0 aliphatic heterocycles. The summed E-state index contributed by atoms with van der Waals surface area (Å²) in [5, 5.41) is 10.3. The van der Waals surface area contributed by atoms with Gasteiger partial charge in [0.15, 0.2) is 0 Å². The van der Waals surface area contributed by atoms with Crippen LogP contribution in [0.15, 0.2) is 132 Å². The van der Waals surface area contributed by atoms with E-state index in [-0.39, 0.29) is 0 Å².